The second-order valence-electron chi connectivity index (χ2n) is 10.7. The van der Waals surface area contributed by atoms with Crippen LogP contribution in [0.5, 0.6) is 0 Å². The summed E-state index contributed by atoms with van der Waals surface area (Å²) in [7, 11) is 6.20. The van der Waals surface area contributed by atoms with Gasteiger partial charge in [0.05, 0.1) is 0 Å². The van der Waals surface area contributed by atoms with E-state index in [0.29, 0.717) is 22.5 Å². The molecule has 0 unspecified atom stereocenters. The van der Waals surface area contributed by atoms with E-state index in [9.17, 15) is 4.79 Å². The molecule has 2 aliphatic heterocycles. The van der Waals surface area contributed by atoms with Crippen molar-refractivity contribution in [3.8, 4) is 16.9 Å². The Morgan fingerprint density at radius 2 is 1.68 bits per heavy atom. The van der Waals surface area contributed by atoms with Gasteiger partial charge >= 0.3 is 0 Å². The van der Waals surface area contributed by atoms with Crippen LogP contribution in [0.3, 0.4) is 0 Å². The summed E-state index contributed by atoms with van der Waals surface area (Å²) < 4.78 is 1.54. The van der Waals surface area contributed by atoms with Gasteiger partial charge in [0.1, 0.15) is 5.56 Å². The maximum Gasteiger partial charge on any atom is 0.261 e. The number of benzene rings is 2. The van der Waals surface area contributed by atoms with Crippen LogP contribution < -0.4 is 20.9 Å². The number of likely N-dealkylation sites (tertiary alicyclic amines) is 1. The zero-order valence-electron chi connectivity index (χ0n) is 21.9. The first-order valence-electron chi connectivity index (χ1n) is 12.7. The van der Waals surface area contributed by atoms with Crippen LogP contribution in [0.4, 0.5) is 22.9 Å². The number of anilines is 4. The molecule has 2 aliphatic rings. The number of nitrogen functional groups attached to an aromatic ring is 1. The van der Waals surface area contributed by atoms with Crippen LogP contribution in [-0.4, -0.2) is 72.9 Å². The van der Waals surface area contributed by atoms with E-state index in [4.69, 9.17) is 5.73 Å². The van der Waals surface area contributed by atoms with Gasteiger partial charge in [-0.3, -0.25) is 4.79 Å². The van der Waals surface area contributed by atoms with E-state index in [2.05, 4.69) is 73.5 Å². The second-order valence-corrected chi connectivity index (χ2v) is 10.7. The maximum atomic E-state index is 13.0. The van der Waals surface area contributed by atoms with Gasteiger partial charge in [-0.15, -0.1) is 5.10 Å². The monoisotopic (exact) mass is 508 g/mol. The van der Waals surface area contributed by atoms with E-state index in [1.165, 1.54) is 18.8 Å². The molecule has 9 heteroatoms. The Labute approximate surface area is 222 Å². The highest BCUT2D eigenvalue weighted by Crippen LogP contribution is 2.41. The third-order valence-electron chi connectivity index (χ3n) is 7.44. The average Bonchev–Trinajstić information content (AvgIpc) is 3.28. The van der Waals surface area contributed by atoms with Crippen molar-refractivity contribution in [1.82, 2.24) is 19.7 Å². The van der Waals surface area contributed by atoms with Gasteiger partial charge in [-0.25, -0.2) is 9.67 Å². The van der Waals surface area contributed by atoms with E-state index in [1.807, 2.05) is 38.4 Å². The van der Waals surface area contributed by atoms with E-state index in [0.717, 1.165) is 29.9 Å². The Bertz CT molecular complexity index is 1460. The highest BCUT2D eigenvalue weighted by molar-refractivity contribution is 6.07. The SMILES string of the molecule is CN1CC2(C1)CN(c1ccc(NC(=O)c3cn(-c4cc(-c5ccc(N(C)C)cc5)ccn4)nc3N)cc1)C2. The topological polar surface area (TPSA) is 95.5 Å². The predicted molar refractivity (Wildman–Crippen MR) is 152 cm³/mol. The summed E-state index contributed by atoms with van der Waals surface area (Å²) in [4.78, 5) is 24.3. The highest BCUT2D eigenvalue weighted by Gasteiger charge is 2.50. The summed E-state index contributed by atoms with van der Waals surface area (Å²) in [6.07, 6.45) is 3.35. The van der Waals surface area contributed by atoms with Gasteiger partial charge in [-0.2, -0.15) is 0 Å². The van der Waals surface area contributed by atoms with Crippen LogP contribution in [-0.2, 0) is 0 Å². The van der Waals surface area contributed by atoms with Gasteiger partial charge in [0, 0.05) is 75.1 Å². The Kier molecular flexibility index (Phi) is 5.80. The summed E-state index contributed by atoms with van der Waals surface area (Å²) in [6, 6.07) is 20.1. The zero-order valence-corrected chi connectivity index (χ0v) is 21.9. The largest absolute Gasteiger partial charge is 0.382 e. The van der Waals surface area contributed by atoms with Crippen LogP contribution in [0.1, 0.15) is 10.4 Å². The maximum absolute atomic E-state index is 13.0. The molecule has 2 saturated heterocycles. The van der Waals surface area contributed by atoms with Gasteiger partial charge in [0.2, 0.25) is 0 Å². The third-order valence-corrected chi connectivity index (χ3v) is 7.44. The number of rotatable bonds is 6. The Morgan fingerprint density at radius 3 is 2.34 bits per heavy atom. The number of nitrogens with zero attached hydrogens (tertiary/aromatic N) is 6. The normalized spacial score (nSPS) is 16.1. The number of nitrogens with two attached hydrogens (primary N) is 1. The van der Waals surface area contributed by atoms with Crippen molar-refractivity contribution in [2.24, 2.45) is 5.41 Å². The van der Waals surface area contributed by atoms with Crippen molar-refractivity contribution in [2.75, 3.05) is 68.2 Å². The van der Waals surface area contributed by atoms with Crippen LogP contribution in [0, 0.1) is 5.41 Å². The number of nitrogens with one attached hydrogen (secondary N) is 1. The number of carbonyl (C=O) groups is 1. The standard InChI is InChI=1S/C29H32N8O/c1-34(2)23-8-4-20(5-9-23)21-12-13-31-26(14-21)37-15-25(27(30)33-37)28(38)32-22-6-10-24(11-7-22)36-18-29(19-36)16-35(3)17-29/h4-15H,16-19H2,1-3H3,(H2,30,33)(H,32,38). The molecule has 9 nitrogen and oxygen atoms in total. The first-order chi connectivity index (χ1) is 18.3. The minimum absolute atomic E-state index is 0.151. The molecule has 1 amide bonds. The fourth-order valence-electron chi connectivity index (χ4n) is 5.55. The molecule has 2 aromatic heterocycles. The van der Waals surface area contributed by atoms with Crippen molar-refractivity contribution >= 4 is 28.8 Å². The molecule has 6 rings (SSSR count). The molecule has 0 bridgehead atoms. The van der Waals surface area contributed by atoms with Gasteiger partial charge < -0.3 is 25.8 Å². The first kappa shape index (κ1) is 24.0. The van der Waals surface area contributed by atoms with Crippen molar-refractivity contribution < 1.29 is 4.79 Å². The van der Waals surface area contributed by atoms with E-state index < -0.39 is 0 Å². The quantitative estimate of drug-likeness (QED) is 0.411. The van der Waals surface area contributed by atoms with Gasteiger partial charge in [0.25, 0.3) is 5.91 Å². The molecule has 38 heavy (non-hydrogen) atoms. The molecule has 0 atom stereocenters. The molecule has 3 N–H and O–H groups in total. The zero-order chi connectivity index (χ0) is 26.4. The van der Waals surface area contributed by atoms with E-state index in [1.54, 1.807) is 17.1 Å². The number of hydrogen-bond acceptors (Lipinski definition) is 7. The number of aromatic nitrogens is 3. The first-order valence-corrected chi connectivity index (χ1v) is 12.7. The molecule has 2 fully saturated rings. The lowest BCUT2D eigenvalue weighted by Crippen LogP contribution is -2.71. The highest BCUT2D eigenvalue weighted by atomic mass is 16.1. The minimum Gasteiger partial charge on any atom is -0.382 e. The summed E-state index contributed by atoms with van der Waals surface area (Å²) in [5, 5.41) is 7.30. The Balaban J connectivity index is 1.13. The summed E-state index contributed by atoms with van der Waals surface area (Å²) in [6.45, 7) is 4.54. The van der Waals surface area contributed by atoms with E-state index in [-0.39, 0.29) is 11.7 Å². The summed E-state index contributed by atoms with van der Waals surface area (Å²) in [5.41, 5.74) is 12.0. The van der Waals surface area contributed by atoms with Crippen LogP contribution in [0.15, 0.2) is 73.1 Å². The molecular formula is C29H32N8O. The van der Waals surface area contributed by atoms with Crippen LogP contribution in [0.2, 0.25) is 0 Å². The minimum atomic E-state index is -0.308. The number of amides is 1. The lowest BCUT2D eigenvalue weighted by Gasteiger charge is -2.60. The third kappa shape index (κ3) is 4.45. The summed E-state index contributed by atoms with van der Waals surface area (Å²) >= 11 is 0. The van der Waals surface area contributed by atoms with Crippen molar-refractivity contribution in [3.05, 3.63) is 78.6 Å². The Hall–Kier alpha value is -4.37. The molecule has 4 aromatic rings. The fourth-order valence-corrected chi connectivity index (χ4v) is 5.55. The number of carbonyl (C=O) groups excluding carboxylic acids is 1. The molecule has 194 valence electrons. The smallest absolute Gasteiger partial charge is 0.261 e. The molecule has 0 radical (unpaired) electrons. The van der Waals surface area contributed by atoms with Gasteiger partial charge in [-0.05, 0) is 66.7 Å². The van der Waals surface area contributed by atoms with Crippen molar-refractivity contribution in [3.63, 3.8) is 0 Å². The lowest BCUT2D eigenvalue weighted by atomic mass is 9.73. The molecular weight excluding hydrogens is 476 g/mol. The number of pyridine rings is 1. The van der Waals surface area contributed by atoms with Crippen molar-refractivity contribution in [2.45, 2.75) is 0 Å². The average molecular weight is 509 g/mol. The van der Waals surface area contributed by atoms with E-state index >= 15 is 0 Å². The second kappa shape index (κ2) is 9.18. The van der Waals surface area contributed by atoms with Crippen molar-refractivity contribution in [1.29, 1.82) is 0 Å². The number of hydrogen-bond donors (Lipinski definition) is 2. The molecule has 4 heterocycles. The molecule has 2 aromatic carbocycles. The van der Waals surface area contributed by atoms with Crippen LogP contribution in [0.25, 0.3) is 16.9 Å². The molecule has 0 saturated carbocycles. The van der Waals surface area contributed by atoms with Gasteiger partial charge in [-0.1, -0.05) is 12.1 Å². The Morgan fingerprint density at radius 1 is 0.974 bits per heavy atom. The molecule has 1 spiro atoms. The predicted octanol–water partition coefficient (Wildman–Crippen LogP) is 3.59. The fraction of sp³-hybridized carbons (Fsp3) is 0.276. The molecule has 0 aliphatic carbocycles. The lowest BCUT2D eigenvalue weighted by molar-refractivity contribution is -0.00238. The van der Waals surface area contributed by atoms with Gasteiger partial charge in [0.15, 0.2) is 11.6 Å². The summed E-state index contributed by atoms with van der Waals surface area (Å²) in [5.74, 6) is 0.426. The van der Waals surface area contributed by atoms with Crippen LogP contribution >= 0.6 is 0 Å².